The van der Waals surface area contributed by atoms with Crippen molar-refractivity contribution in [3.05, 3.63) is 41.7 Å². The number of benzene rings is 1. The lowest BCUT2D eigenvalue weighted by Gasteiger charge is -2.23. The van der Waals surface area contributed by atoms with E-state index in [0.29, 0.717) is 12.3 Å². The molecule has 1 heterocycles. The molecule has 0 spiro atoms. The predicted molar refractivity (Wildman–Crippen MR) is 111 cm³/mol. The molecule has 0 saturated heterocycles. The van der Waals surface area contributed by atoms with Crippen LogP contribution in [0.25, 0.3) is 0 Å². The topological polar surface area (TPSA) is 63.1 Å². The molecule has 148 valence electrons. The van der Waals surface area contributed by atoms with Gasteiger partial charge < -0.3 is 9.88 Å². The number of hydrogen-bond donors (Lipinski definition) is 1. The summed E-state index contributed by atoms with van der Waals surface area (Å²) in [5.41, 5.74) is 1.19. The van der Waals surface area contributed by atoms with Gasteiger partial charge in [-0.25, -0.2) is 0 Å². The molecule has 0 aliphatic carbocycles. The Morgan fingerprint density at radius 2 is 1.89 bits per heavy atom. The summed E-state index contributed by atoms with van der Waals surface area (Å²) in [6, 6.07) is 10.7. The molecule has 0 unspecified atom stereocenters. The molecule has 0 fully saturated rings. The molecule has 0 radical (unpaired) electrons. The number of amides is 1. The predicted octanol–water partition coefficient (Wildman–Crippen LogP) is 3.35. The second-order valence-corrected chi connectivity index (χ2v) is 7.91. The van der Waals surface area contributed by atoms with Gasteiger partial charge in [-0.15, -0.1) is 10.2 Å². The van der Waals surface area contributed by atoms with Crippen LogP contribution in [0, 0.1) is 0 Å². The third kappa shape index (κ3) is 6.07. The number of carbonyl (C=O) groups is 1. The number of rotatable bonds is 10. The summed E-state index contributed by atoms with van der Waals surface area (Å²) in [5.74, 6) is 1.32. The fourth-order valence-corrected chi connectivity index (χ4v) is 3.65. The molecular formula is C20H31N5OS. The Bertz CT molecular complexity index is 716. The smallest absolute Gasteiger partial charge is 0.230 e. The highest BCUT2D eigenvalue weighted by atomic mass is 32.2. The fourth-order valence-electron chi connectivity index (χ4n) is 2.90. The Morgan fingerprint density at radius 1 is 1.19 bits per heavy atom. The van der Waals surface area contributed by atoms with E-state index in [1.807, 2.05) is 25.1 Å². The van der Waals surface area contributed by atoms with Crippen LogP contribution < -0.4 is 5.32 Å². The van der Waals surface area contributed by atoms with Crippen LogP contribution >= 0.6 is 11.8 Å². The van der Waals surface area contributed by atoms with E-state index in [2.05, 4.69) is 65.1 Å². The highest BCUT2D eigenvalue weighted by Crippen LogP contribution is 2.26. The first-order chi connectivity index (χ1) is 13.0. The van der Waals surface area contributed by atoms with E-state index in [4.69, 9.17) is 0 Å². The minimum Gasteiger partial charge on any atom is -0.353 e. The highest BCUT2D eigenvalue weighted by molar-refractivity contribution is 7.99. The molecule has 6 nitrogen and oxygen atoms in total. The molecule has 0 saturated carbocycles. The summed E-state index contributed by atoms with van der Waals surface area (Å²) < 4.78 is 2.14. The summed E-state index contributed by atoms with van der Waals surface area (Å²) in [7, 11) is 4.12. The van der Waals surface area contributed by atoms with E-state index >= 15 is 0 Å². The molecule has 0 aliphatic rings. The van der Waals surface area contributed by atoms with Gasteiger partial charge in [0, 0.05) is 6.04 Å². The van der Waals surface area contributed by atoms with E-state index in [1.165, 1.54) is 17.3 Å². The molecule has 1 aromatic heterocycles. The number of thioether (sulfide) groups is 1. The molecule has 2 rings (SSSR count). The van der Waals surface area contributed by atoms with Gasteiger partial charge in [0.15, 0.2) is 11.0 Å². The van der Waals surface area contributed by atoms with Gasteiger partial charge in [-0.05, 0) is 39.4 Å². The lowest BCUT2D eigenvalue weighted by Crippen LogP contribution is -2.33. The maximum absolute atomic E-state index is 12.2. The number of hydrogen-bond acceptors (Lipinski definition) is 5. The number of carbonyl (C=O) groups excluding carboxylic acids is 1. The van der Waals surface area contributed by atoms with Gasteiger partial charge in [-0.2, -0.15) is 0 Å². The lowest BCUT2D eigenvalue weighted by molar-refractivity contribution is -0.119. The lowest BCUT2D eigenvalue weighted by atomic mass is 10.2. The number of aromatic nitrogens is 3. The van der Waals surface area contributed by atoms with Gasteiger partial charge in [-0.1, -0.05) is 55.9 Å². The SMILES string of the molecule is CC[C@@H](C)NC(=O)CSc1nnc([C@@H](CC)N(C)C)n1Cc1ccccc1. The van der Waals surface area contributed by atoms with Crippen LogP contribution in [0.2, 0.25) is 0 Å². The third-order valence-electron chi connectivity index (χ3n) is 4.59. The molecule has 7 heteroatoms. The average molecular weight is 390 g/mol. The number of nitrogens with one attached hydrogen (secondary N) is 1. The minimum absolute atomic E-state index is 0.0322. The monoisotopic (exact) mass is 389 g/mol. The van der Waals surface area contributed by atoms with Gasteiger partial charge in [0.2, 0.25) is 5.91 Å². The molecule has 0 bridgehead atoms. The molecule has 1 amide bonds. The summed E-state index contributed by atoms with van der Waals surface area (Å²) in [6.07, 6.45) is 1.87. The van der Waals surface area contributed by atoms with Crippen molar-refractivity contribution < 1.29 is 4.79 Å². The van der Waals surface area contributed by atoms with Crippen molar-refractivity contribution in [2.45, 2.75) is 57.4 Å². The summed E-state index contributed by atoms with van der Waals surface area (Å²) in [6.45, 7) is 6.93. The molecule has 1 N–H and O–H groups in total. The second kappa shape index (κ2) is 10.5. The van der Waals surface area contributed by atoms with Gasteiger partial charge in [0.05, 0.1) is 18.3 Å². The van der Waals surface area contributed by atoms with Crippen molar-refractivity contribution in [2.75, 3.05) is 19.8 Å². The van der Waals surface area contributed by atoms with E-state index in [-0.39, 0.29) is 18.0 Å². The standard InChI is InChI=1S/C20H31N5OS/c1-6-15(3)21-18(26)14-27-20-23-22-19(17(7-2)24(4)5)25(20)13-16-11-9-8-10-12-16/h8-12,15,17H,6-7,13-14H2,1-5H3,(H,21,26)/t15-,17-/m1/s1. The summed E-state index contributed by atoms with van der Waals surface area (Å²) in [4.78, 5) is 14.3. The van der Waals surface area contributed by atoms with E-state index in [0.717, 1.165) is 23.8 Å². The van der Waals surface area contributed by atoms with Crippen molar-refractivity contribution in [1.82, 2.24) is 25.0 Å². The Hall–Kier alpha value is -1.86. The Kier molecular flexibility index (Phi) is 8.31. The van der Waals surface area contributed by atoms with E-state index in [9.17, 15) is 4.79 Å². The maximum atomic E-state index is 12.2. The fraction of sp³-hybridized carbons (Fsp3) is 0.550. The van der Waals surface area contributed by atoms with Gasteiger partial charge in [0.25, 0.3) is 0 Å². The van der Waals surface area contributed by atoms with Crippen LogP contribution in [0.5, 0.6) is 0 Å². The van der Waals surface area contributed by atoms with Gasteiger partial charge in [-0.3, -0.25) is 9.69 Å². The molecule has 1 aromatic carbocycles. The minimum atomic E-state index is 0.0322. The van der Waals surface area contributed by atoms with Crippen LogP contribution in [-0.4, -0.2) is 51.5 Å². The first-order valence-electron chi connectivity index (χ1n) is 9.51. The molecule has 2 aromatic rings. The Morgan fingerprint density at radius 3 is 2.48 bits per heavy atom. The summed E-state index contributed by atoms with van der Waals surface area (Å²) >= 11 is 1.45. The maximum Gasteiger partial charge on any atom is 0.230 e. The third-order valence-corrected chi connectivity index (χ3v) is 5.56. The van der Waals surface area contributed by atoms with Crippen LogP contribution in [0.4, 0.5) is 0 Å². The van der Waals surface area contributed by atoms with Crippen molar-refractivity contribution in [1.29, 1.82) is 0 Å². The Labute approximate surface area is 166 Å². The van der Waals surface area contributed by atoms with Crippen LogP contribution in [-0.2, 0) is 11.3 Å². The van der Waals surface area contributed by atoms with E-state index < -0.39 is 0 Å². The van der Waals surface area contributed by atoms with Crippen LogP contribution in [0.3, 0.4) is 0 Å². The molecular weight excluding hydrogens is 358 g/mol. The largest absolute Gasteiger partial charge is 0.353 e. The van der Waals surface area contributed by atoms with Crippen molar-refractivity contribution in [3.8, 4) is 0 Å². The van der Waals surface area contributed by atoms with Gasteiger partial charge in [0.1, 0.15) is 0 Å². The highest BCUT2D eigenvalue weighted by Gasteiger charge is 2.22. The van der Waals surface area contributed by atoms with Crippen molar-refractivity contribution >= 4 is 17.7 Å². The summed E-state index contributed by atoms with van der Waals surface area (Å²) in [5, 5.41) is 12.7. The normalized spacial score (nSPS) is 13.6. The zero-order valence-corrected chi connectivity index (χ0v) is 17.8. The average Bonchev–Trinajstić information content (AvgIpc) is 3.03. The Balaban J connectivity index is 2.23. The van der Waals surface area contributed by atoms with Crippen LogP contribution in [0.1, 0.15) is 51.0 Å². The molecule has 0 aliphatic heterocycles. The first-order valence-corrected chi connectivity index (χ1v) is 10.5. The zero-order valence-electron chi connectivity index (χ0n) is 17.0. The molecule has 2 atom stereocenters. The number of nitrogens with zero attached hydrogens (tertiary/aromatic N) is 4. The van der Waals surface area contributed by atoms with Gasteiger partial charge >= 0.3 is 0 Å². The van der Waals surface area contributed by atoms with Crippen molar-refractivity contribution in [3.63, 3.8) is 0 Å². The first kappa shape index (κ1) is 21.4. The quantitative estimate of drug-likeness (QED) is 0.632. The molecule has 27 heavy (non-hydrogen) atoms. The van der Waals surface area contributed by atoms with Crippen molar-refractivity contribution in [2.24, 2.45) is 0 Å². The second-order valence-electron chi connectivity index (χ2n) is 6.97. The zero-order chi connectivity index (χ0) is 19.8. The van der Waals surface area contributed by atoms with E-state index in [1.54, 1.807) is 0 Å². The van der Waals surface area contributed by atoms with Crippen LogP contribution in [0.15, 0.2) is 35.5 Å².